The molecule has 1 amide bonds. The highest BCUT2D eigenvalue weighted by atomic mass is 19.1. The summed E-state index contributed by atoms with van der Waals surface area (Å²) in [5.74, 6) is 0.360. The number of guanidine groups is 1. The molecule has 0 aliphatic carbocycles. The highest BCUT2D eigenvalue weighted by molar-refractivity contribution is 5.84. The van der Waals surface area contributed by atoms with Gasteiger partial charge in [0, 0.05) is 34.2 Å². The first-order chi connectivity index (χ1) is 10.3. The van der Waals surface area contributed by atoms with Crippen LogP contribution in [0.2, 0.25) is 0 Å². The van der Waals surface area contributed by atoms with Crippen LogP contribution in [-0.4, -0.2) is 44.5 Å². The van der Waals surface area contributed by atoms with E-state index in [1.54, 1.807) is 20.2 Å². The van der Waals surface area contributed by atoms with Crippen LogP contribution in [-0.2, 0) is 11.3 Å². The van der Waals surface area contributed by atoms with E-state index in [4.69, 9.17) is 0 Å². The van der Waals surface area contributed by atoms with Gasteiger partial charge in [0.05, 0.1) is 5.41 Å². The molecule has 1 rings (SSSR count). The van der Waals surface area contributed by atoms with E-state index in [0.29, 0.717) is 19.0 Å². The van der Waals surface area contributed by atoms with Gasteiger partial charge in [0.15, 0.2) is 5.96 Å². The predicted molar refractivity (Wildman–Crippen MR) is 87.1 cm³/mol. The van der Waals surface area contributed by atoms with Crippen molar-refractivity contribution in [3.05, 3.63) is 35.6 Å². The van der Waals surface area contributed by atoms with Crippen LogP contribution in [0, 0.1) is 11.2 Å². The quantitative estimate of drug-likeness (QED) is 0.642. The number of nitrogens with one attached hydrogen (secondary N) is 2. The van der Waals surface area contributed by atoms with Gasteiger partial charge in [-0.3, -0.25) is 9.79 Å². The predicted octanol–water partition coefficient (Wildman–Crippen LogP) is 1.61. The molecule has 122 valence electrons. The highest BCUT2D eigenvalue weighted by Crippen LogP contribution is 2.13. The van der Waals surface area contributed by atoms with Crippen LogP contribution in [0.5, 0.6) is 0 Å². The second-order valence-electron chi connectivity index (χ2n) is 5.85. The Hall–Kier alpha value is -2.11. The van der Waals surface area contributed by atoms with Gasteiger partial charge >= 0.3 is 0 Å². The molecule has 0 saturated carbocycles. The highest BCUT2D eigenvalue weighted by Gasteiger charge is 2.27. The number of carbonyl (C=O) groups excluding carboxylic acids is 1. The number of hydrogen-bond acceptors (Lipinski definition) is 2. The molecule has 6 heteroatoms. The lowest BCUT2D eigenvalue weighted by molar-refractivity contribution is -0.128. The minimum absolute atomic E-state index is 0.0387. The Morgan fingerprint density at radius 1 is 1.41 bits per heavy atom. The van der Waals surface area contributed by atoms with Crippen molar-refractivity contribution in [2.75, 3.05) is 27.7 Å². The monoisotopic (exact) mass is 308 g/mol. The summed E-state index contributed by atoms with van der Waals surface area (Å²) in [5, 5.41) is 5.83. The van der Waals surface area contributed by atoms with Crippen LogP contribution < -0.4 is 10.6 Å². The Labute approximate surface area is 131 Å². The molecule has 0 bridgehead atoms. The van der Waals surface area contributed by atoms with Gasteiger partial charge in [-0.1, -0.05) is 12.1 Å². The largest absolute Gasteiger partial charge is 0.359 e. The number of amides is 1. The lowest BCUT2D eigenvalue weighted by atomic mass is 9.92. The molecule has 0 heterocycles. The molecule has 0 fully saturated rings. The average molecular weight is 308 g/mol. The maximum Gasteiger partial charge on any atom is 0.227 e. The molecule has 0 atom stereocenters. The van der Waals surface area contributed by atoms with Crippen LogP contribution in [0.25, 0.3) is 0 Å². The van der Waals surface area contributed by atoms with Crippen molar-refractivity contribution in [1.82, 2.24) is 15.5 Å². The van der Waals surface area contributed by atoms with E-state index in [2.05, 4.69) is 15.6 Å². The molecular weight excluding hydrogens is 283 g/mol. The fraction of sp³-hybridized carbons (Fsp3) is 0.500. The topological polar surface area (TPSA) is 56.7 Å². The Morgan fingerprint density at radius 2 is 2.09 bits per heavy atom. The molecular formula is C16H25FN4O. The molecule has 0 aliphatic heterocycles. The first kappa shape index (κ1) is 17.9. The van der Waals surface area contributed by atoms with Gasteiger partial charge in [-0.25, -0.2) is 4.39 Å². The van der Waals surface area contributed by atoms with Crippen molar-refractivity contribution >= 4 is 11.9 Å². The second-order valence-corrected chi connectivity index (χ2v) is 5.85. The van der Waals surface area contributed by atoms with Gasteiger partial charge in [0.2, 0.25) is 5.91 Å². The molecule has 1 aromatic carbocycles. The summed E-state index contributed by atoms with van der Waals surface area (Å²) < 4.78 is 13.2. The number of aliphatic imine (C=N–C) groups is 1. The van der Waals surface area contributed by atoms with Crippen molar-refractivity contribution in [3.63, 3.8) is 0 Å². The summed E-state index contributed by atoms with van der Waals surface area (Å²) in [6, 6.07) is 6.46. The van der Waals surface area contributed by atoms with E-state index >= 15 is 0 Å². The van der Waals surface area contributed by atoms with E-state index in [9.17, 15) is 9.18 Å². The molecule has 0 spiro atoms. The lowest BCUT2D eigenvalue weighted by Crippen LogP contribution is -2.47. The first-order valence-corrected chi connectivity index (χ1v) is 7.18. The zero-order valence-corrected chi connectivity index (χ0v) is 13.9. The molecule has 0 aromatic heterocycles. The molecule has 0 radical (unpaired) electrons. The number of rotatable bonds is 5. The standard InChI is InChI=1S/C16H25FN4O/c1-16(2,14(22)18-3)11-20-15(19-4)21(5)10-12-7-6-8-13(17)9-12/h6-9H,10-11H2,1-5H3,(H,18,22)(H,19,20). The molecule has 22 heavy (non-hydrogen) atoms. The van der Waals surface area contributed by atoms with Gasteiger partial charge in [-0.05, 0) is 31.5 Å². The van der Waals surface area contributed by atoms with Gasteiger partial charge in [0.1, 0.15) is 5.82 Å². The van der Waals surface area contributed by atoms with Gasteiger partial charge < -0.3 is 15.5 Å². The van der Waals surface area contributed by atoms with Crippen molar-refractivity contribution in [2.24, 2.45) is 10.4 Å². The molecule has 2 N–H and O–H groups in total. The maximum absolute atomic E-state index is 13.2. The van der Waals surface area contributed by atoms with Crippen LogP contribution in [0.3, 0.4) is 0 Å². The average Bonchev–Trinajstić information content (AvgIpc) is 2.46. The zero-order chi connectivity index (χ0) is 16.8. The number of carbonyl (C=O) groups is 1. The normalized spacial score (nSPS) is 12.0. The summed E-state index contributed by atoms with van der Waals surface area (Å²) in [7, 11) is 5.17. The Bertz CT molecular complexity index is 543. The zero-order valence-electron chi connectivity index (χ0n) is 13.9. The van der Waals surface area contributed by atoms with Gasteiger partial charge in [0.25, 0.3) is 0 Å². The fourth-order valence-corrected chi connectivity index (χ4v) is 2.09. The molecule has 0 saturated heterocycles. The summed E-state index contributed by atoms with van der Waals surface area (Å²) in [6.07, 6.45) is 0. The van der Waals surface area contributed by atoms with Crippen LogP contribution in [0.15, 0.2) is 29.3 Å². The van der Waals surface area contributed by atoms with Gasteiger partial charge in [-0.2, -0.15) is 0 Å². The van der Waals surface area contributed by atoms with Crippen LogP contribution in [0.4, 0.5) is 4.39 Å². The summed E-state index contributed by atoms with van der Waals surface area (Å²) in [5.41, 5.74) is 0.306. The van der Waals surface area contributed by atoms with E-state index in [1.807, 2.05) is 31.9 Å². The third-order valence-electron chi connectivity index (χ3n) is 3.41. The summed E-state index contributed by atoms with van der Waals surface area (Å²) >= 11 is 0. The number of benzene rings is 1. The third kappa shape index (κ3) is 5.02. The third-order valence-corrected chi connectivity index (χ3v) is 3.41. The SMILES string of the molecule is CN=C(NCC(C)(C)C(=O)NC)N(C)Cc1cccc(F)c1. The number of nitrogens with zero attached hydrogens (tertiary/aromatic N) is 2. The van der Waals surface area contributed by atoms with Gasteiger partial charge in [-0.15, -0.1) is 0 Å². The van der Waals surface area contributed by atoms with E-state index in [-0.39, 0.29) is 11.7 Å². The lowest BCUT2D eigenvalue weighted by Gasteiger charge is -2.27. The van der Waals surface area contributed by atoms with Crippen molar-refractivity contribution in [1.29, 1.82) is 0 Å². The van der Waals surface area contributed by atoms with E-state index < -0.39 is 5.41 Å². The number of hydrogen-bond donors (Lipinski definition) is 2. The van der Waals surface area contributed by atoms with Crippen LogP contribution in [0.1, 0.15) is 19.4 Å². The first-order valence-electron chi connectivity index (χ1n) is 7.18. The Kier molecular flexibility index (Phi) is 6.34. The van der Waals surface area contributed by atoms with E-state index in [0.717, 1.165) is 5.56 Å². The minimum atomic E-state index is -0.551. The minimum Gasteiger partial charge on any atom is -0.359 e. The number of halogens is 1. The van der Waals surface area contributed by atoms with E-state index in [1.165, 1.54) is 12.1 Å². The Balaban J connectivity index is 2.66. The van der Waals surface area contributed by atoms with Crippen molar-refractivity contribution < 1.29 is 9.18 Å². The molecule has 1 aromatic rings. The second kappa shape index (κ2) is 7.77. The summed E-state index contributed by atoms with van der Waals surface area (Å²) in [6.45, 7) is 4.70. The van der Waals surface area contributed by atoms with Crippen molar-refractivity contribution in [3.8, 4) is 0 Å². The molecule has 0 aliphatic rings. The molecule has 0 unspecified atom stereocenters. The van der Waals surface area contributed by atoms with Crippen LogP contribution >= 0.6 is 0 Å². The molecule has 5 nitrogen and oxygen atoms in total. The maximum atomic E-state index is 13.2. The van der Waals surface area contributed by atoms with Crippen molar-refractivity contribution in [2.45, 2.75) is 20.4 Å². The summed E-state index contributed by atoms with van der Waals surface area (Å²) in [4.78, 5) is 17.9. The Morgan fingerprint density at radius 3 is 2.64 bits per heavy atom. The smallest absolute Gasteiger partial charge is 0.227 e. The fourth-order valence-electron chi connectivity index (χ4n) is 2.09.